The summed E-state index contributed by atoms with van der Waals surface area (Å²) in [5.74, 6) is 1.50. The molecular weight excluding hydrogens is 294 g/mol. The molecule has 1 aliphatic carbocycles. The summed E-state index contributed by atoms with van der Waals surface area (Å²) >= 11 is 0. The predicted molar refractivity (Wildman–Crippen MR) is 84.7 cm³/mol. The van der Waals surface area contributed by atoms with Crippen molar-refractivity contribution in [2.45, 2.75) is 38.2 Å². The van der Waals surface area contributed by atoms with Crippen LogP contribution in [-0.4, -0.2) is 48.3 Å². The van der Waals surface area contributed by atoms with Gasteiger partial charge in [0.05, 0.1) is 11.5 Å². The van der Waals surface area contributed by atoms with Crippen LogP contribution < -0.4 is 9.47 Å². The topological polar surface area (TPSA) is 59.0 Å². The lowest BCUT2D eigenvalue weighted by Crippen LogP contribution is -2.42. The minimum Gasteiger partial charge on any atom is -0.486 e. The highest BCUT2D eigenvalue weighted by molar-refractivity contribution is 5.88. The van der Waals surface area contributed by atoms with E-state index >= 15 is 0 Å². The van der Waals surface area contributed by atoms with Gasteiger partial charge < -0.3 is 19.5 Å². The van der Waals surface area contributed by atoms with Gasteiger partial charge in [-0.1, -0.05) is 6.07 Å². The molecule has 1 saturated heterocycles. The Morgan fingerprint density at radius 1 is 1.26 bits per heavy atom. The summed E-state index contributed by atoms with van der Waals surface area (Å²) in [6.07, 6.45) is 1.69. The summed E-state index contributed by atoms with van der Waals surface area (Å²) in [6.45, 7) is 6.10. The minimum atomic E-state index is -0.657. The normalized spacial score (nSPS) is 24.8. The van der Waals surface area contributed by atoms with Gasteiger partial charge in [-0.15, -0.1) is 0 Å². The molecule has 1 spiro atoms. The molecule has 1 amide bonds. The summed E-state index contributed by atoms with van der Waals surface area (Å²) in [5.41, 5.74) is 0.243. The first-order chi connectivity index (χ1) is 10.9. The van der Waals surface area contributed by atoms with Crippen LogP contribution in [0, 0.1) is 5.41 Å². The molecule has 2 aliphatic heterocycles. The van der Waals surface area contributed by atoms with E-state index in [1.807, 2.05) is 36.9 Å². The van der Waals surface area contributed by atoms with Gasteiger partial charge in [0.2, 0.25) is 5.91 Å². The van der Waals surface area contributed by atoms with Crippen molar-refractivity contribution in [2.24, 2.45) is 5.41 Å². The van der Waals surface area contributed by atoms with Gasteiger partial charge in [0.1, 0.15) is 13.2 Å². The molecule has 1 atom stereocenters. The van der Waals surface area contributed by atoms with Crippen LogP contribution in [0.1, 0.15) is 32.3 Å². The van der Waals surface area contributed by atoms with Gasteiger partial charge in [-0.25, -0.2) is 0 Å². The summed E-state index contributed by atoms with van der Waals surface area (Å²) in [4.78, 5) is 14.9. The number of aliphatic hydroxyl groups is 1. The number of aliphatic hydroxyl groups excluding tert-OH is 1. The number of hydrogen-bond acceptors (Lipinski definition) is 4. The Morgan fingerprint density at radius 3 is 2.61 bits per heavy atom. The molecule has 2 fully saturated rings. The van der Waals surface area contributed by atoms with E-state index < -0.39 is 5.41 Å². The van der Waals surface area contributed by atoms with Gasteiger partial charge in [-0.3, -0.25) is 4.79 Å². The van der Waals surface area contributed by atoms with E-state index in [1.165, 1.54) is 0 Å². The van der Waals surface area contributed by atoms with Crippen molar-refractivity contribution >= 4 is 5.91 Å². The summed E-state index contributed by atoms with van der Waals surface area (Å²) in [7, 11) is 0. The Labute approximate surface area is 136 Å². The first-order valence-corrected chi connectivity index (χ1v) is 8.30. The number of amides is 1. The third-order valence-corrected chi connectivity index (χ3v) is 5.58. The number of β-amino-alcohol motifs (C(OH)–C–C–N with tert-alkyl or cyclic N) is 1. The molecular formula is C18H23NO4. The Balaban J connectivity index is 1.58. The van der Waals surface area contributed by atoms with Crippen molar-refractivity contribution in [3.05, 3.63) is 23.8 Å². The zero-order chi connectivity index (χ0) is 16.2. The van der Waals surface area contributed by atoms with Gasteiger partial charge in [-0.05, 0) is 44.4 Å². The van der Waals surface area contributed by atoms with Crippen molar-refractivity contribution in [3.8, 4) is 11.5 Å². The second-order valence-electron chi connectivity index (χ2n) is 7.55. The highest BCUT2D eigenvalue weighted by atomic mass is 16.6. The highest BCUT2D eigenvalue weighted by Gasteiger charge is 2.56. The standard InChI is InChI=1S/C18H23NO4/c1-17(2,12-3-4-13-14(9-12)23-8-7-22-13)16(21)19-10-15(20)18(11-19)5-6-18/h3-4,9,15,20H,5-8,10-11H2,1-2H3. The van der Waals surface area contributed by atoms with Crippen LogP contribution in [-0.2, 0) is 10.2 Å². The maximum absolute atomic E-state index is 13.0. The van der Waals surface area contributed by atoms with Gasteiger partial charge in [0.25, 0.3) is 0 Å². The molecule has 1 saturated carbocycles. The molecule has 1 aromatic rings. The van der Waals surface area contributed by atoms with Gasteiger partial charge in [-0.2, -0.15) is 0 Å². The zero-order valence-electron chi connectivity index (χ0n) is 13.7. The number of fused-ring (bicyclic) bond motifs is 1. The van der Waals surface area contributed by atoms with Crippen LogP contribution in [0.4, 0.5) is 0 Å². The third-order valence-electron chi connectivity index (χ3n) is 5.58. The summed E-state index contributed by atoms with van der Waals surface area (Å²) < 4.78 is 11.2. The molecule has 1 aromatic carbocycles. The molecule has 4 rings (SSSR count). The number of likely N-dealkylation sites (tertiary alicyclic amines) is 1. The average Bonchev–Trinajstić information content (AvgIpc) is 3.26. The monoisotopic (exact) mass is 317 g/mol. The quantitative estimate of drug-likeness (QED) is 0.902. The Hall–Kier alpha value is -1.75. The lowest BCUT2D eigenvalue weighted by Gasteiger charge is -2.30. The average molecular weight is 317 g/mol. The van der Waals surface area contributed by atoms with Crippen LogP contribution in [0.5, 0.6) is 11.5 Å². The fourth-order valence-electron chi connectivity index (χ4n) is 3.71. The van der Waals surface area contributed by atoms with Crippen molar-refractivity contribution < 1.29 is 19.4 Å². The van der Waals surface area contributed by atoms with Gasteiger partial charge >= 0.3 is 0 Å². The maximum Gasteiger partial charge on any atom is 0.232 e. The van der Waals surface area contributed by atoms with E-state index in [0.29, 0.717) is 32.1 Å². The number of carbonyl (C=O) groups excluding carboxylic acids is 1. The Morgan fingerprint density at radius 2 is 1.96 bits per heavy atom. The number of benzene rings is 1. The fraction of sp³-hybridized carbons (Fsp3) is 0.611. The molecule has 124 valence electrons. The first kappa shape index (κ1) is 14.8. The van der Waals surface area contributed by atoms with Crippen molar-refractivity contribution in [3.63, 3.8) is 0 Å². The minimum absolute atomic E-state index is 0.0153. The third kappa shape index (κ3) is 2.29. The highest BCUT2D eigenvalue weighted by Crippen LogP contribution is 2.53. The lowest BCUT2D eigenvalue weighted by atomic mass is 9.83. The van der Waals surface area contributed by atoms with Crippen LogP contribution >= 0.6 is 0 Å². The van der Waals surface area contributed by atoms with E-state index in [2.05, 4.69) is 0 Å². The first-order valence-electron chi connectivity index (χ1n) is 8.30. The Kier molecular flexibility index (Phi) is 3.14. The van der Waals surface area contributed by atoms with Gasteiger partial charge in [0.15, 0.2) is 11.5 Å². The van der Waals surface area contributed by atoms with Crippen LogP contribution in [0.2, 0.25) is 0 Å². The summed E-state index contributed by atoms with van der Waals surface area (Å²) in [6, 6.07) is 5.72. The molecule has 1 unspecified atom stereocenters. The largest absolute Gasteiger partial charge is 0.486 e. The molecule has 5 heteroatoms. The molecule has 2 heterocycles. The molecule has 1 N–H and O–H groups in total. The molecule has 5 nitrogen and oxygen atoms in total. The van der Waals surface area contributed by atoms with Crippen molar-refractivity contribution in [1.29, 1.82) is 0 Å². The molecule has 23 heavy (non-hydrogen) atoms. The van der Waals surface area contributed by atoms with Crippen LogP contribution in [0.3, 0.4) is 0 Å². The van der Waals surface area contributed by atoms with E-state index in [-0.39, 0.29) is 17.4 Å². The van der Waals surface area contributed by atoms with E-state index in [1.54, 1.807) is 0 Å². The smallest absolute Gasteiger partial charge is 0.232 e. The number of ether oxygens (including phenoxy) is 2. The van der Waals surface area contributed by atoms with Crippen molar-refractivity contribution in [1.82, 2.24) is 4.90 Å². The van der Waals surface area contributed by atoms with Gasteiger partial charge in [0, 0.05) is 18.5 Å². The van der Waals surface area contributed by atoms with E-state index in [9.17, 15) is 9.90 Å². The Bertz CT molecular complexity index is 650. The van der Waals surface area contributed by atoms with E-state index in [0.717, 1.165) is 24.2 Å². The van der Waals surface area contributed by atoms with E-state index in [4.69, 9.17) is 9.47 Å². The number of carbonyl (C=O) groups is 1. The number of hydrogen-bond donors (Lipinski definition) is 1. The lowest BCUT2D eigenvalue weighted by molar-refractivity contribution is -0.135. The second kappa shape index (κ2) is 4.87. The van der Waals surface area contributed by atoms with Crippen molar-refractivity contribution in [2.75, 3.05) is 26.3 Å². The molecule has 0 radical (unpaired) electrons. The maximum atomic E-state index is 13.0. The predicted octanol–water partition coefficient (Wildman–Crippen LogP) is 1.72. The second-order valence-corrected chi connectivity index (χ2v) is 7.55. The van der Waals surface area contributed by atoms with Crippen LogP contribution in [0.15, 0.2) is 18.2 Å². The molecule has 3 aliphatic rings. The summed E-state index contributed by atoms with van der Waals surface area (Å²) in [5, 5.41) is 10.2. The molecule has 0 aromatic heterocycles. The fourth-order valence-corrected chi connectivity index (χ4v) is 3.71. The number of nitrogens with zero attached hydrogens (tertiary/aromatic N) is 1. The SMILES string of the molecule is CC(C)(C(=O)N1CC(O)C2(CC2)C1)c1ccc2c(c1)OCCO2. The zero-order valence-corrected chi connectivity index (χ0v) is 13.7. The molecule has 0 bridgehead atoms. The number of rotatable bonds is 2. The van der Waals surface area contributed by atoms with Crippen LogP contribution in [0.25, 0.3) is 0 Å².